The molecule has 4 rings (SSSR count). The first kappa shape index (κ1) is 17.8. The molecule has 142 valence electrons. The van der Waals surface area contributed by atoms with E-state index in [1.807, 2.05) is 42.2 Å². The van der Waals surface area contributed by atoms with Gasteiger partial charge in [0.15, 0.2) is 11.5 Å². The molecule has 0 saturated carbocycles. The number of carbonyl (C=O) groups is 1. The zero-order valence-electron chi connectivity index (χ0n) is 16.5. The topological polar surface area (TPSA) is 51.3 Å². The van der Waals surface area contributed by atoms with Gasteiger partial charge in [-0.15, -0.1) is 0 Å². The van der Waals surface area contributed by atoms with Gasteiger partial charge in [-0.3, -0.25) is 4.79 Å². The number of hydrogen-bond acceptors (Lipinski definition) is 3. The summed E-state index contributed by atoms with van der Waals surface area (Å²) < 4.78 is 8.17. The largest absolute Gasteiger partial charge is 0.440 e. The van der Waals surface area contributed by atoms with Crippen molar-refractivity contribution in [2.45, 2.75) is 52.5 Å². The molecule has 0 N–H and O–H groups in total. The lowest BCUT2D eigenvalue weighted by Crippen LogP contribution is -2.38. The summed E-state index contributed by atoms with van der Waals surface area (Å²) in [6, 6.07) is 10.3. The summed E-state index contributed by atoms with van der Waals surface area (Å²) in [6.45, 7) is 9.91. The van der Waals surface area contributed by atoms with E-state index >= 15 is 0 Å². The van der Waals surface area contributed by atoms with Gasteiger partial charge in [-0.25, -0.2) is 4.98 Å². The van der Waals surface area contributed by atoms with Gasteiger partial charge >= 0.3 is 0 Å². The molecule has 0 bridgehead atoms. The van der Waals surface area contributed by atoms with Crippen molar-refractivity contribution >= 4 is 17.0 Å². The molecule has 27 heavy (non-hydrogen) atoms. The van der Waals surface area contributed by atoms with Crippen LogP contribution in [0.1, 0.15) is 66.3 Å². The van der Waals surface area contributed by atoms with Crippen molar-refractivity contribution in [3.8, 4) is 0 Å². The molecule has 3 heterocycles. The molecule has 1 saturated heterocycles. The Hall–Kier alpha value is -2.56. The number of rotatable bonds is 3. The Morgan fingerprint density at radius 3 is 2.52 bits per heavy atom. The second-order valence-electron chi connectivity index (χ2n) is 7.83. The van der Waals surface area contributed by atoms with Gasteiger partial charge in [-0.05, 0) is 58.7 Å². The van der Waals surface area contributed by atoms with E-state index in [-0.39, 0.29) is 11.8 Å². The molecule has 3 aromatic rings. The first-order valence-electron chi connectivity index (χ1n) is 9.79. The molecule has 0 aliphatic carbocycles. The molecule has 5 heteroatoms. The number of oxazole rings is 1. The first-order valence-corrected chi connectivity index (χ1v) is 9.79. The third kappa shape index (κ3) is 3.15. The van der Waals surface area contributed by atoms with Crippen molar-refractivity contribution < 1.29 is 9.21 Å². The van der Waals surface area contributed by atoms with Gasteiger partial charge in [0.25, 0.3) is 5.91 Å². The zero-order chi connectivity index (χ0) is 19.1. The van der Waals surface area contributed by atoms with Gasteiger partial charge in [-0.1, -0.05) is 12.1 Å². The molecular formula is C22H27N3O2. The second kappa shape index (κ2) is 6.87. The van der Waals surface area contributed by atoms with E-state index in [1.165, 1.54) is 0 Å². The summed E-state index contributed by atoms with van der Waals surface area (Å²) >= 11 is 0. The number of para-hydroxylation sites is 2. The maximum absolute atomic E-state index is 13.1. The summed E-state index contributed by atoms with van der Waals surface area (Å²) in [4.78, 5) is 19.7. The van der Waals surface area contributed by atoms with Crippen molar-refractivity contribution in [2.75, 3.05) is 13.1 Å². The van der Waals surface area contributed by atoms with Crippen molar-refractivity contribution in [1.82, 2.24) is 14.5 Å². The van der Waals surface area contributed by atoms with Gasteiger partial charge in [0.05, 0.1) is 5.56 Å². The Morgan fingerprint density at radius 2 is 1.89 bits per heavy atom. The molecule has 0 radical (unpaired) electrons. The van der Waals surface area contributed by atoms with Crippen LogP contribution in [0.15, 0.2) is 34.7 Å². The van der Waals surface area contributed by atoms with E-state index in [2.05, 4.69) is 30.3 Å². The summed E-state index contributed by atoms with van der Waals surface area (Å²) in [5.74, 6) is 1.23. The van der Waals surface area contributed by atoms with E-state index in [4.69, 9.17) is 4.42 Å². The van der Waals surface area contributed by atoms with E-state index in [1.54, 1.807) is 0 Å². The van der Waals surface area contributed by atoms with Gasteiger partial charge < -0.3 is 13.9 Å². The van der Waals surface area contributed by atoms with Crippen molar-refractivity contribution in [2.24, 2.45) is 0 Å². The maximum atomic E-state index is 13.1. The molecule has 2 aromatic heterocycles. The summed E-state index contributed by atoms with van der Waals surface area (Å²) in [5.41, 5.74) is 4.79. The minimum Gasteiger partial charge on any atom is -0.440 e. The predicted molar refractivity (Wildman–Crippen MR) is 106 cm³/mol. The zero-order valence-corrected chi connectivity index (χ0v) is 16.5. The van der Waals surface area contributed by atoms with E-state index in [0.717, 1.165) is 59.9 Å². The average Bonchev–Trinajstić information content (AvgIpc) is 3.22. The number of nitrogens with zero attached hydrogens (tertiary/aromatic N) is 3. The van der Waals surface area contributed by atoms with E-state index in [9.17, 15) is 4.79 Å². The number of likely N-dealkylation sites (tertiary alicyclic amines) is 1. The van der Waals surface area contributed by atoms with Crippen LogP contribution in [0.2, 0.25) is 0 Å². The van der Waals surface area contributed by atoms with Crippen LogP contribution in [0.5, 0.6) is 0 Å². The van der Waals surface area contributed by atoms with Crippen LogP contribution in [0.25, 0.3) is 11.1 Å². The van der Waals surface area contributed by atoms with Crippen LogP contribution in [-0.2, 0) is 0 Å². The van der Waals surface area contributed by atoms with Crippen LogP contribution in [-0.4, -0.2) is 33.4 Å². The van der Waals surface area contributed by atoms with Crippen molar-refractivity contribution in [3.05, 3.63) is 53.2 Å². The average molecular weight is 365 g/mol. The first-order chi connectivity index (χ1) is 13.0. The van der Waals surface area contributed by atoms with Gasteiger partial charge in [0.1, 0.15) is 5.52 Å². The number of carbonyl (C=O) groups excluding carboxylic acids is 1. The van der Waals surface area contributed by atoms with Crippen LogP contribution in [0.3, 0.4) is 0 Å². The Morgan fingerprint density at radius 1 is 1.19 bits per heavy atom. The summed E-state index contributed by atoms with van der Waals surface area (Å²) in [6.07, 6.45) is 1.78. The van der Waals surface area contributed by atoms with E-state index < -0.39 is 0 Å². The highest BCUT2D eigenvalue weighted by Crippen LogP contribution is 2.31. The lowest BCUT2D eigenvalue weighted by atomic mass is 9.96. The fraction of sp³-hybridized carbons (Fsp3) is 0.455. The van der Waals surface area contributed by atoms with Crippen LogP contribution in [0.4, 0.5) is 0 Å². The number of aryl methyl sites for hydroxylation is 1. The van der Waals surface area contributed by atoms with Crippen LogP contribution >= 0.6 is 0 Å². The van der Waals surface area contributed by atoms with E-state index in [0.29, 0.717) is 6.04 Å². The Bertz CT molecular complexity index is 942. The third-order valence-electron chi connectivity index (χ3n) is 5.67. The lowest BCUT2D eigenvalue weighted by molar-refractivity contribution is 0.0706. The smallest absolute Gasteiger partial charge is 0.255 e. The number of fused-ring (bicyclic) bond motifs is 1. The lowest BCUT2D eigenvalue weighted by Gasteiger charge is -2.30. The predicted octanol–water partition coefficient (Wildman–Crippen LogP) is 4.85. The fourth-order valence-electron chi connectivity index (χ4n) is 4.35. The normalized spacial score (nSPS) is 15.8. The van der Waals surface area contributed by atoms with Crippen molar-refractivity contribution in [1.29, 1.82) is 0 Å². The standard InChI is InChI=1S/C22H27N3O2/c1-14(2)25-15(3)13-18(16(25)4)22(26)24-11-9-17(10-12-24)21-23-19-7-5-6-8-20(19)27-21/h5-8,13-14,17H,9-12H2,1-4H3. The molecule has 0 unspecified atom stereocenters. The summed E-state index contributed by atoms with van der Waals surface area (Å²) in [5, 5.41) is 0. The SMILES string of the molecule is Cc1cc(C(=O)N2CCC(c3nc4ccccc4o3)CC2)c(C)n1C(C)C. The summed E-state index contributed by atoms with van der Waals surface area (Å²) in [7, 11) is 0. The molecule has 1 aliphatic heterocycles. The van der Waals surface area contributed by atoms with Crippen LogP contribution in [0, 0.1) is 13.8 Å². The minimum absolute atomic E-state index is 0.144. The van der Waals surface area contributed by atoms with Crippen molar-refractivity contribution in [3.63, 3.8) is 0 Å². The number of amides is 1. The maximum Gasteiger partial charge on any atom is 0.255 e. The highest BCUT2D eigenvalue weighted by Gasteiger charge is 2.29. The molecule has 0 atom stereocenters. The highest BCUT2D eigenvalue weighted by molar-refractivity contribution is 5.95. The van der Waals surface area contributed by atoms with Gasteiger partial charge in [0, 0.05) is 36.4 Å². The fourth-order valence-corrected chi connectivity index (χ4v) is 4.35. The van der Waals surface area contributed by atoms with Gasteiger partial charge in [-0.2, -0.15) is 0 Å². The number of piperidine rings is 1. The number of aromatic nitrogens is 2. The number of benzene rings is 1. The molecule has 5 nitrogen and oxygen atoms in total. The third-order valence-corrected chi connectivity index (χ3v) is 5.67. The Kier molecular flexibility index (Phi) is 4.54. The minimum atomic E-state index is 0.144. The Labute approximate surface area is 160 Å². The Balaban J connectivity index is 1.47. The molecule has 1 aromatic carbocycles. The monoisotopic (exact) mass is 365 g/mol. The second-order valence-corrected chi connectivity index (χ2v) is 7.83. The number of hydrogen-bond donors (Lipinski definition) is 0. The van der Waals surface area contributed by atoms with Gasteiger partial charge in [0.2, 0.25) is 0 Å². The highest BCUT2D eigenvalue weighted by atomic mass is 16.3. The van der Waals surface area contributed by atoms with Crippen LogP contribution < -0.4 is 0 Å². The molecule has 1 aliphatic rings. The molecule has 1 amide bonds. The molecule has 0 spiro atoms. The quantitative estimate of drug-likeness (QED) is 0.667. The molecule has 1 fully saturated rings. The molecular weight excluding hydrogens is 338 g/mol.